The van der Waals surface area contributed by atoms with Crippen molar-refractivity contribution in [2.45, 2.75) is 34.1 Å². The fraction of sp³-hybridized carbons (Fsp3) is 0.529. The Hall–Kier alpha value is -1.28. The summed E-state index contributed by atoms with van der Waals surface area (Å²) in [6.45, 7) is 14.6. The van der Waals surface area contributed by atoms with Crippen molar-refractivity contribution in [1.82, 2.24) is 0 Å². The minimum Gasteiger partial charge on any atom is -0.493 e. The average molecular weight is 262 g/mol. The summed E-state index contributed by atoms with van der Waals surface area (Å²) in [6.07, 6.45) is 1.05. The second-order valence-corrected chi connectivity index (χ2v) is 5.81. The molecule has 0 unspecified atom stereocenters. The van der Waals surface area contributed by atoms with Crippen LogP contribution in [0.3, 0.4) is 0 Å². The van der Waals surface area contributed by atoms with E-state index in [0.29, 0.717) is 6.61 Å². The highest BCUT2D eigenvalue weighted by atomic mass is 16.5. The Kier molecular flexibility index (Phi) is 6.10. The second kappa shape index (κ2) is 7.34. The molecule has 2 heteroatoms. The molecule has 0 aliphatic heterocycles. The molecule has 0 N–H and O–H groups in total. The molecule has 0 bridgehead atoms. The van der Waals surface area contributed by atoms with Crippen LogP contribution in [0.25, 0.3) is 5.57 Å². The van der Waals surface area contributed by atoms with Gasteiger partial charge in [-0.3, -0.25) is 0 Å². The average Bonchev–Trinajstić information content (AvgIpc) is 2.37. The Morgan fingerprint density at radius 2 is 1.79 bits per heavy atom. The van der Waals surface area contributed by atoms with E-state index in [1.54, 1.807) is 0 Å². The van der Waals surface area contributed by atoms with Crippen molar-refractivity contribution in [3.63, 3.8) is 0 Å². The Morgan fingerprint density at radius 3 is 2.32 bits per heavy atom. The molecule has 0 saturated heterocycles. The summed E-state index contributed by atoms with van der Waals surface area (Å²) in [5.41, 5.74) is 2.25. The number of allylic oxidation sites excluding steroid dienone is 1. The normalized spacial score (nSPS) is 11.4. The molecule has 0 radical (unpaired) electrons. The van der Waals surface area contributed by atoms with Gasteiger partial charge < -0.3 is 9.47 Å². The standard InChI is InChI=1S/C17H26O2/c1-6-11-18-12-17(4,5)13-19-16-9-7-15(8-10-16)14(2)3/h7-10H,2,6,11-13H2,1,3-5H3. The minimum atomic E-state index is 0.0300. The lowest BCUT2D eigenvalue weighted by Gasteiger charge is -2.24. The molecule has 0 atom stereocenters. The first-order valence-electron chi connectivity index (χ1n) is 6.91. The van der Waals surface area contributed by atoms with Crippen LogP contribution in [0.15, 0.2) is 30.8 Å². The van der Waals surface area contributed by atoms with E-state index in [4.69, 9.17) is 9.47 Å². The van der Waals surface area contributed by atoms with Gasteiger partial charge in [-0.25, -0.2) is 0 Å². The monoisotopic (exact) mass is 262 g/mol. The lowest BCUT2D eigenvalue weighted by Crippen LogP contribution is -2.27. The van der Waals surface area contributed by atoms with Crippen molar-refractivity contribution >= 4 is 5.57 Å². The van der Waals surface area contributed by atoms with E-state index in [1.165, 1.54) is 0 Å². The van der Waals surface area contributed by atoms with E-state index in [1.807, 2.05) is 31.2 Å². The van der Waals surface area contributed by atoms with Gasteiger partial charge in [0.25, 0.3) is 0 Å². The first kappa shape index (κ1) is 15.8. The van der Waals surface area contributed by atoms with E-state index >= 15 is 0 Å². The molecule has 0 aliphatic rings. The number of ether oxygens (including phenoxy) is 2. The van der Waals surface area contributed by atoms with Crippen molar-refractivity contribution < 1.29 is 9.47 Å². The van der Waals surface area contributed by atoms with Crippen molar-refractivity contribution in [3.05, 3.63) is 36.4 Å². The smallest absolute Gasteiger partial charge is 0.119 e. The van der Waals surface area contributed by atoms with E-state index in [9.17, 15) is 0 Å². The number of hydrogen-bond donors (Lipinski definition) is 0. The summed E-state index contributed by atoms with van der Waals surface area (Å²) < 4.78 is 11.4. The molecule has 0 heterocycles. The second-order valence-electron chi connectivity index (χ2n) is 5.81. The summed E-state index contributed by atoms with van der Waals surface area (Å²) >= 11 is 0. The zero-order valence-electron chi connectivity index (χ0n) is 12.7. The fourth-order valence-corrected chi connectivity index (χ4v) is 1.65. The van der Waals surface area contributed by atoms with Crippen molar-refractivity contribution in [3.8, 4) is 5.75 Å². The quantitative estimate of drug-likeness (QED) is 0.640. The van der Waals surface area contributed by atoms with Crippen molar-refractivity contribution in [1.29, 1.82) is 0 Å². The largest absolute Gasteiger partial charge is 0.493 e. The summed E-state index contributed by atoms with van der Waals surface area (Å²) in [6, 6.07) is 8.07. The molecule has 0 aliphatic carbocycles. The van der Waals surface area contributed by atoms with Gasteiger partial charge >= 0.3 is 0 Å². The first-order valence-corrected chi connectivity index (χ1v) is 6.91. The molecule has 19 heavy (non-hydrogen) atoms. The van der Waals surface area contributed by atoms with E-state index in [2.05, 4.69) is 27.4 Å². The highest BCUT2D eigenvalue weighted by molar-refractivity contribution is 5.61. The number of hydrogen-bond acceptors (Lipinski definition) is 2. The van der Waals surface area contributed by atoms with E-state index in [0.717, 1.165) is 36.5 Å². The van der Waals surface area contributed by atoms with Gasteiger partial charge in [0.2, 0.25) is 0 Å². The molecule has 1 aromatic rings. The van der Waals surface area contributed by atoms with Crippen LogP contribution in [0.2, 0.25) is 0 Å². The Labute approximate surface area is 117 Å². The molecule has 0 aromatic heterocycles. The van der Waals surface area contributed by atoms with Gasteiger partial charge in [-0.15, -0.1) is 0 Å². The predicted octanol–water partition coefficient (Wildman–Crippen LogP) is 4.55. The van der Waals surface area contributed by atoms with Crippen LogP contribution < -0.4 is 4.74 Å². The Morgan fingerprint density at radius 1 is 1.16 bits per heavy atom. The number of benzene rings is 1. The van der Waals surface area contributed by atoms with Gasteiger partial charge in [0, 0.05) is 12.0 Å². The molecule has 2 nitrogen and oxygen atoms in total. The minimum absolute atomic E-state index is 0.0300. The summed E-state index contributed by atoms with van der Waals surface area (Å²) in [4.78, 5) is 0. The zero-order valence-corrected chi connectivity index (χ0v) is 12.7. The van der Waals surface area contributed by atoms with Crippen LogP contribution in [-0.2, 0) is 4.74 Å². The molecule has 1 rings (SSSR count). The molecule has 0 amide bonds. The van der Waals surface area contributed by atoms with E-state index in [-0.39, 0.29) is 5.41 Å². The highest BCUT2D eigenvalue weighted by Gasteiger charge is 2.19. The molecule has 1 aromatic carbocycles. The molecular formula is C17H26O2. The Bertz CT molecular complexity index is 390. The van der Waals surface area contributed by atoms with Gasteiger partial charge in [-0.2, -0.15) is 0 Å². The highest BCUT2D eigenvalue weighted by Crippen LogP contribution is 2.21. The first-order chi connectivity index (χ1) is 8.94. The maximum atomic E-state index is 5.83. The predicted molar refractivity (Wildman–Crippen MR) is 81.5 cm³/mol. The zero-order chi connectivity index (χ0) is 14.3. The van der Waals surface area contributed by atoms with Gasteiger partial charge in [0.05, 0.1) is 13.2 Å². The summed E-state index contributed by atoms with van der Waals surface area (Å²) in [7, 11) is 0. The maximum absolute atomic E-state index is 5.83. The third kappa shape index (κ3) is 5.93. The van der Waals surface area contributed by atoms with Gasteiger partial charge in [-0.1, -0.05) is 45.1 Å². The third-order valence-electron chi connectivity index (χ3n) is 2.82. The van der Waals surface area contributed by atoms with Crippen LogP contribution in [-0.4, -0.2) is 19.8 Å². The maximum Gasteiger partial charge on any atom is 0.119 e. The molecule has 0 fully saturated rings. The summed E-state index contributed by atoms with van der Waals surface area (Å²) in [5.74, 6) is 0.897. The molecule has 0 saturated carbocycles. The molecular weight excluding hydrogens is 236 g/mol. The SMILES string of the molecule is C=C(C)c1ccc(OCC(C)(C)COCCC)cc1. The summed E-state index contributed by atoms with van der Waals surface area (Å²) in [5, 5.41) is 0. The van der Waals surface area contributed by atoms with Crippen LogP contribution in [0.5, 0.6) is 5.75 Å². The fourth-order valence-electron chi connectivity index (χ4n) is 1.65. The Balaban J connectivity index is 2.44. The van der Waals surface area contributed by atoms with Crippen LogP contribution in [0.4, 0.5) is 0 Å². The van der Waals surface area contributed by atoms with Crippen LogP contribution in [0, 0.1) is 5.41 Å². The lowest BCUT2D eigenvalue weighted by molar-refractivity contribution is 0.0350. The lowest BCUT2D eigenvalue weighted by atomic mass is 9.96. The van der Waals surface area contributed by atoms with Gasteiger partial charge in [-0.05, 0) is 31.0 Å². The van der Waals surface area contributed by atoms with E-state index < -0.39 is 0 Å². The van der Waals surface area contributed by atoms with Gasteiger partial charge in [0.1, 0.15) is 5.75 Å². The van der Waals surface area contributed by atoms with Crippen LogP contribution >= 0.6 is 0 Å². The van der Waals surface area contributed by atoms with Crippen molar-refractivity contribution in [2.24, 2.45) is 5.41 Å². The third-order valence-corrected chi connectivity index (χ3v) is 2.82. The van der Waals surface area contributed by atoms with Crippen LogP contribution in [0.1, 0.15) is 39.7 Å². The van der Waals surface area contributed by atoms with Crippen molar-refractivity contribution in [2.75, 3.05) is 19.8 Å². The molecule has 106 valence electrons. The molecule has 0 spiro atoms. The van der Waals surface area contributed by atoms with Gasteiger partial charge in [0.15, 0.2) is 0 Å². The topological polar surface area (TPSA) is 18.5 Å². The number of rotatable bonds is 8.